The van der Waals surface area contributed by atoms with Gasteiger partial charge in [0.1, 0.15) is 0 Å². The van der Waals surface area contributed by atoms with Crippen molar-refractivity contribution in [3.8, 4) is 0 Å². The molecule has 0 aliphatic heterocycles. The first-order valence-corrected chi connectivity index (χ1v) is 6.85. The highest BCUT2D eigenvalue weighted by Crippen LogP contribution is 2.24. The van der Waals surface area contributed by atoms with Crippen LogP contribution in [0.4, 0.5) is 14.5 Å². The molecule has 0 heterocycles. The lowest BCUT2D eigenvalue weighted by Crippen LogP contribution is -2.22. The van der Waals surface area contributed by atoms with Crippen molar-refractivity contribution in [2.45, 2.75) is 6.04 Å². The number of esters is 1. The molecule has 2 aromatic rings. The van der Waals surface area contributed by atoms with Gasteiger partial charge in [-0.3, -0.25) is 0 Å². The normalized spacial score (nSPS) is 11.8. The maximum Gasteiger partial charge on any atom is 0.332 e. The molecule has 0 fully saturated rings. The topological polar surface area (TPSA) is 38.3 Å². The minimum Gasteiger partial charge on any atom is -0.467 e. The summed E-state index contributed by atoms with van der Waals surface area (Å²) in [6, 6.07) is 9.48. The fourth-order valence-corrected chi connectivity index (χ4v) is 2.23. The van der Waals surface area contributed by atoms with Crippen LogP contribution in [0.15, 0.2) is 46.9 Å². The minimum absolute atomic E-state index is 0.278. The molecule has 21 heavy (non-hydrogen) atoms. The van der Waals surface area contributed by atoms with Gasteiger partial charge in [-0.2, -0.15) is 0 Å². The second-order valence-corrected chi connectivity index (χ2v) is 5.20. The van der Waals surface area contributed by atoms with Gasteiger partial charge in [0.05, 0.1) is 7.11 Å². The van der Waals surface area contributed by atoms with Crippen molar-refractivity contribution in [3.63, 3.8) is 0 Å². The Hall–Kier alpha value is -1.95. The molecule has 0 aliphatic carbocycles. The van der Waals surface area contributed by atoms with Gasteiger partial charge in [0.15, 0.2) is 17.7 Å². The van der Waals surface area contributed by atoms with E-state index in [0.717, 1.165) is 16.6 Å². The average molecular weight is 356 g/mol. The fraction of sp³-hybridized carbons (Fsp3) is 0.133. The van der Waals surface area contributed by atoms with E-state index in [2.05, 4.69) is 21.2 Å². The van der Waals surface area contributed by atoms with E-state index >= 15 is 0 Å². The number of methoxy groups -OCH3 is 1. The van der Waals surface area contributed by atoms with Gasteiger partial charge >= 0.3 is 5.97 Å². The zero-order valence-electron chi connectivity index (χ0n) is 11.1. The van der Waals surface area contributed by atoms with Gasteiger partial charge in [0.2, 0.25) is 0 Å². The lowest BCUT2D eigenvalue weighted by Gasteiger charge is -2.18. The first-order valence-electron chi connectivity index (χ1n) is 6.06. The molecule has 0 bridgehead atoms. The standard InChI is InChI=1S/C15H12BrF2NO2/c1-21-15(20)14(9-5-6-12(17)13(18)7-9)19-11-4-2-3-10(16)8-11/h2-8,14,19H,1H3. The van der Waals surface area contributed by atoms with E-state index in [1.807, 2.05) is 6.07 Å². The lowest BCUT2D eigenvalue weighted by molar-refractivity contribution is -0.141. The van der Waals surface area contributed by atoms with Gasteiger partial charge in [0.25, 0.3) is 0 Å². The number of benzene rings is 2. The summed E-state index contributed by atoms with van der Waals surface area (Å²) in [6.07, 6.45) is 0. The molecule has 6 heteroatoms. The minimum atomic E-state index is -1.02. The van der Waals surface area contributed by atoms with E-state index in [1.54, 1.807) is 18.2 Å². The maximum absolute atomic E-state index is 13.3. The summed E-state index contributed by atoms with van der Waals surface area (Å²) in [5, 5.41) is 2.94. The van der Waals surface area contributed by atoms with Gasteiger partial charge in [-0.25, -0.2) is 13.6 Å². The second kappa shape index (κ2) is 6.67. The summed E-state index contributed by atoms with van der Waals surface area (Å²) < 4.78 is 31.9. The zero-order valence-corrected chi connectivity index (χ0v) is 12.7. The Labute approximate surface area is 129 Å². The van der Waals surface area contributed by atoms with Crippen molar-refractivity contribution in [1.29, 1.82) is 0 Å². The molecule has 0 saturated heterocycles. The van der Waals surface area contributed by atoms with Gasteiger partial charge in [-0.05, 0) is 35.9 Å². The Morgan fingerprint density at radius 3 is 2.57 bits per heavy atom. The monoisotopic (exact) mass is 355 g/mol. The zero-order chi connectivity index (χ0) is 15.4. The number of carbonyl (C=O) groups is 1. The molecule has 1 atom stereocenters. The Balaban J connectivity index is 2.34. The molecule has 1 unspecified atom stereocenters. The van der Waals surface area contributed by atoms with Crippen LogP contribution in [-0.2, 0) is 9.53 Å². The van der Waals surface area contributed by atoms with Crippen LogP contribution >= 0.6 is 15.9 Å². The number of hydrogen-bond acceptors (Lipinski definition) is 3. The van der Waals surface area contributed by atoms with Gasteiger partial charge in [-0.1, -0.05) is 28.1 Å². The molecule has 2 rings (SSSR count). The molecule has 0 spiro atoms. The highest BCUT2D eigenvalue weighted by molar-refractivity contribution is 9.10. The predicted octanol–water partition coefficient (Wildman–Crippen LogP) is 4.05. The highest BCUT2D eigenvalue weighted by atomic mass is 79.9. The molecule has 1 N–H and O–H groups in total. The van der Waals surface area contributed by atoms with Gasteiger partial charge in [-0.15, -0.1) is 0 Å². The number of hydrogen-bond donors (Lipinski definition) is 1. The largest absolute Gasteiger partial charge is 0.467 e. The van der Waals surface area contributed by atoms with Crippen LogP contribution in [0, 0.1) is 11.6 Å². The number of halogens is 3. The number of anilines is 1. The van der Waals surface area contributed by atoms with Crippen molar-refractivity contribution >= 4 is 27.6 Å². The first-order chi connectivity index (χ1) is 10.0. The number of rotatable bonds is 4. The van der Waals surface area contributed by atoms with E-state index < -0.39 is 23.6 Å². The molecule has 2 aromatic carbocycles. The molecule has 0 aliphatic rings. The average Bonchev–Trinajstić information content (AvgIpc) is 2.47. The maximum atomic E-state index is 13.3. The van der Waals surface area contributed by atoms with E-state index in [9.17, 15) is 13.6 Å². The Bertz CT molecular complexity index is 664. The van der Waals surface area contributed by atoms with Crippen LogP contribution in [0.2, 0.25) is 0 Å². The van der Waals surface area contributed by atoms with Crippen LogP contribution in [0.25, 0.3) is 0 Å². The number of carbonyl (C=O) groups excluding carboxylic acids is 1. The highest BCUT2D eigenvalue weighted by Gasteiger charge is 2.22. The van der Waals surface area contributed by atoms with E-state index in [1.165, 1.54) is 13.2 Å². The Kier molecular flexibility index (Phi) is 4.90. The smallest absolute Gasteiger partial charge is 0.332 e. The van der Waals surface area contributed by atoms with Crippen LogP contribution in [0.1, 0.15) is 11.6 Å². The van der Waals surface area contributed by atoms with Crippen LogP contribution in [0.3, 0.4) is 0 Å². The molecule has 0 aromatic heterocycles. The van der Waals surface area contributed by atoms with E-state index in [4.69, 9.17) is 4.74 Å². The fourth-order valence-electron chi connectivity index (χ4n) is 1.83. The van der Waals surface area contributed by atoms with Crippen molar-refractivity contribution in [3.05, 3.63) is 64.1 Å². The summed E-state index contributed by atoms with van der Waals surface area (Å²) >= 11 is 3.32. The van der Waals surface area contributed by atoms with Gasteiger partial charge in [0, 0.05) is 10.2 Å². The summed E-state index contributed by atoms with van der Waals surface area (Å²) in [5.41, 5.74) is 0.922. The summed E-state index contributed by atoms with van der Waals surface area (Å²) in [7, 11) is 1.23. The molecule has 110 valence electrons. The quantitative estimate of drug-likeness (QED) is 0.840. The van der Waals surface area contributed by atoms with Crippen molar-refractivity contribution in [2.75, 3.05) is 12.4 Å². The first kappa shape index (κ1) is 15.4. The molecular formula is C15H12BrF2NO2. The lowest BCUT2D eigenvalue weighted by atomic mass is 10.1. The van der Waals surface area contributed by atoms with Crippen LogP contribution in [0.5, 0.6) is 0 Å². The third-order valence-electron chi connectivity index (χ3n) is 2.85. The van der Waals surface area contributed by atoms with Crippen molar-refractivity contribution in [2.24, 2.45) is 0 Å². The third kappa shape index (κ3) is 3.78. The molecule has 0 saturated carbocycles. The molecule has 0 radical (unpaired) electrons. The SMILES string of the molecule is COC(=O)C(Nc1cccc(Br)c1)c1ccc(F)c(F)c1. The Morgan fingerprint density at radius 2 is 1.95 bits per heavy atom. The van der Waals surface area contributed by atoms with E-state index in [-0.39, 0.29) is 5.56 Å². The van der Waals surface area contributed by atoms with Gasteiger partial charge < -0.3 is 10.1 Å². The summed E-state index contributed by atoms with van der Waals surface area (Å²) in [6.45, 7) is 0. The van der Waals surface area contributed by atoms with Crippen LogP contribution in [-0.4, -0.2) is 13.1 Å². The third-order valence-corrected chi connectivity index (χ3v) is 3.34. The molecule has 3 nitrogen and oxygen atoms in total. The van der Waals surface area contributed by atoms with Crippen molar-refractivity contribution < 1.29 is 18.3 Å². The Morgan fingerprint density at radius 1 is 1.19 bits per heavy atom. The molecule has 0 amide bonds. The predicted molar refractivity (Wildman–Crippen MR) is 78.9 cm³/mol. The van der Waals surface area contributed by atoms with Crippen LogP contribution < -0.4 is 5.32 Å². The number of ether oxygens (including phenoxy) is 1. The molecular weight excluding hydrogens is 344 g/mol. The van der Waals surface area contributed by atoms with Crippen molar-refractivity contribution in [1.82, 2.24) is 0 Å². The second-order valence-electron chi connectivity index (χ2n) is 4.28. The number of nitrogens with one attached hydrogen (secondary N) is 1. The summed E-state index contributed by atoms with van der Waals surface area (Å²) in [4.78, 5) is 11.9. The van der Waals surface area contributed by atoms with E-state index in [0.29, 0.717) is 5.69 Å². The summed E-state index contributed by atoms with van der Waals surface area (Å²) in [5.74, 6) is -2.58.